The van der Waals surface area contributed by atoms with Gasteiger partial charge >= 0.3 is 0 Å². The number of amides is 1. The summed E-state index contributed by atoms with van der Waals surface area (Å²) < 4.78 is 2.10. The van der Waals surface area contributed by atoms with Crippen LogP contribution in [0, 0.1) is 5.92 Å². The largest absolute Gasteiger partial charge is 0.324 e. The van der Waals surface area contributed by atoms with Crippen LogP contribution in [0.25, 0.3) is 0 Å². The second-order valence-electron chi connectivity index (χ2n) is 7.27. The van der Waals surface area contributed by atoms with E-state index in [4.69, 9.17) is 34.8 Å². The first kappa shape index (κ1) is 22.7. The molecular weight excluding hydrogens is 451 g/mol. The second kappa shape index (κ2) is 10.9. The van der Waals surface area contributed by atoms with E-state index in [1.54, 1.807) is 6.07 Å². The first-order valence-electron chi connectivity index (χ1n) is 9.97. The lowest BCUT2D eigenvalue weighted by Gasteiger charge is -2.21. The van der Waals surface area contributed by atoms with Gasteiger partial charge in [0.15, 0.2) is 5.16 Å². The molecule has 0 bridgehead atoms. The highest BCUT2D eigenvalue weighted by atomic mass is 35.5. The molecule has 5 nitrogen and oxygen atoms in total. The summed E-state index contributed by atoms with van der Waals surface area (Å²) in [5, 5.41) is 13.2. The Morgan fingerprint density at radius 3 is 2.59 bits per heavy atom. The highest BCUT2D eigenvalue weighted by molar-refractivity contribution is 7.99. The summed E-state index contributed by atoms with van der Waals surface area (Å²) in [6, 6.07) is 3.06. The van der Waals surface area contributed by atoms with Crippen molar-refractivity contribution in [3.05, 3.63) is 33.0 Å². The van der Waals surface area contributed by atoms with Crippen LogP contribution in [0.3, 0.4) is 0 Å². The smallest absolute Gasteiger partial charge is 0.234 e. The van der Waals surface area contributed by atoms with Gasteiger partial charge in [-0.2, -0.15) is 0 Å². The number of hydrogen-bond acceptors (Lipinski definition) is 4. The van der Waals surface area contributed by atoms with Crippen molar-refractivity contribution in [3.8, 4) is 0 Å². The van der Waals surface area contributed by atoms with Gasteiger partial charge in [-0.15, -0.1) is 10.2 Å². The van der Waals surface area contributed by atoms with Gasteiger partial charge in [0.2, 0.25) is 5.91 Å². The number of benzene rings is 1. The maximum atomic E-state index is 12.3. The van der Waals surface area contributed by atoms with Gasteiger partial charge in [-0.3, -0.25) is 4.79 Å². The number of carbonyl (C=O) groups excluding carboxylic acids is 1. The molecule has 0 atom stereocenters. The van der Waals surface area contributed by atoms with Gasteiger partial charge in [-0.25, -0.2) is 0 Å². The molecule has 0 aliphatic heterocycles. The Morgan fingerprint density at radius 2 is 1.86 bits per heavy atom. The van der Waals surface area contributed by atoms with Crippen molar-refractivity contribution in [2.45, 2.75) is 63.6 Å². The number of halogens is 3. The molecule has 29 heavy (non-hydrogen) atoms. The molecule has 1 saturated carbocycles. The lowest BCUT2D eigenvalue weighted by molar-refractivity contribution is -0.113. The summed E-state index contributed by atoms with van der Waals surface area (Å²) in [4.78, 5) is 12.3. The van der Waals surface area contributed by atoms with Crippen LogP contribution in [0.15, 0.2) is 17.3 Å². The van der Waals surface area contributed by atoms with Crippen LogP contribution >= 0.6 is 46.6 Å². The van der Waals surface area contributed by atoms with Crippen molar-refractivity contribution in [3.63, 3.8) is 0 Å². The molecule has 1 aliphatic carbocycles. The molecule has 1 aliphatic rings. The summed E-state index contributed by atoms with van der Waals surface area (Å²) in [7, 11) is 0. The zero-order chi connectivity index (χ0) is 20.8. The zero-order valence-corrected chi connectivity index (χ0v) is 19.5. The van der Waals surface area contributed by atoms with Crippen LogP contribution in [0.1, 0.15) is 51.3 Å². The monoisotopic (exact) mass is 474 g/mol. The normalized spacial score (nSPS) is 14.9. The van der Waals surface area contributed by atoms with Gasteiger partial charge in [-0.05, 0) is 31.4 Å². The van der Waals surface area contributed by atoms with E-state index in [9.17, 15) is 4.79 Å². The Hall–Kier alpha value is -0.950. The van der Waals surface area contributed by atoms with Gasteiger partial charge < -0.3 is 9.88 Å². The van der Waals surface area contributed by atoms with E-state index in [1.807, 2.05) is 0 Å². The third kappa shape index (κ3) is 6.27. The summed E-state index contributed by atoms with van der Waals surface area (Å²) in [5.41, 5.74) is 0.441. The molecule has 2 aromatic rings. The first-order valence-corrected chi connectivity index (χ1v) is 12.1. The Balaban J connectivity index is 1.55. The molecule has 3 rings (SSSR count). The highest BCUT2D eigenvalue weighted by Crippen LogP contribution is 2.32. The number of nitrogens with one attached hydrogen (secondary N) is 1. The van der Waals surface area contributed by atoms with E-state index in [1.165, 1.54) is 56.4 Å². The number of carbonyl (C=O) groups is 1. The van der Waals surface area contributed by atoms with Crippen molar-refractivity contribution in [1.82, 2.24) is 14.8 Å². The topological polar surface area (TPSA) is 59.8 Å². The fraction of sp³-hybridized carbons (Fsp3) is 0.550. The van der Waals surface area contributed by atoms with Crippen molar-refractivity contribution in [2.75, 3.05) is 11.1 Å². The van der Waals surface area contributed by atoms with Gasteiger partial charge in [0.05, 0.1) is 26.5 Å². The fourth-order valence-corrected chi connectivity index (χ4v) is 5.09. The summed E-state index contributed by atoms with van der Waals surface area (Å²) in [6.45, 7) is 2.86. The minimum absolute atomic E-state index is 0.190. The van der Waals surface area contributed by atoms with E-state index >= 15 is 0 Å². The molecule has 0 spiro atoms. The molecule has 1 aromatic carbocycles. The maximum Gasteiger partial charge on any atom is 0.234 e. The van der Waals surface area contributed by atoms with E-state index in [2.05, 4.69) is 27.0 Å². The Bertz CT molecular complexity index is 852. The van der Waals surface area contributed by atoms with E-state index in [-0.39, 0.29) is 11.7 Å². The minimum Gasteiger partial charge on any atom is -0.324 e. The number of hydrogen-bond donors (Lipinski definition) is 1. The van der Waals surface area contributed by atoms with Gasteiger partial charge in [0.1, 0.15) is 5.82 Å². The standard InChI is InChI=1S/C20H25Cl3N4OS/c1-2-27-18(9-8-13-6-4-3-5-7-13)25-26-20(27)29-12-19(28)24-17-11-15(22)14(21)10-16(17)23/h10-11,13H,2-9,12H2,1H3,(H,24,28). The predicted octanol–water partition coefficient (Wildman–Crippen LogP) is 6.50. The van der Waals surface area contributed by atoms with Crippen LogP contribution in [0.5, 0.6) is 0 Å². The number of rotatable bonds is 8. The van der Waals surface area contributed by atoms with Gasteiger partial charge in [0.25, 0.3) is 0 Å². The molecule has 0 radical (unpaired) electrons. The minimum atomic E-state index is -0.190. The van der Waals surface area contributed by atoms with Crippen LogP contribution in [-0.4, -0.2) is 26.4 Å². The number of aryl methyl sites for hydroxylation is 1. The average molecular weight is 476 g/mol. The molecule has 1 amide bonds. The SMILES string of the molecule is CCn1c(CCC2CCCCC2)nnc1SCC(=O)Nc1cc(Cl)c(Cl)cc1Cl. The first-order chi connectivity index (χ1) is 14.0. The molecule has 158 valence electrons. The molecule has 1 N–H and O–H groups in total. The van der Waals surface area contributed by atoms with Crippen molar-refractivity contribution < 1.29 is 4.79 Å². The Labute approximate surface area is 190 Å². The summed E-state index contributed by atoms with van der Waals surface area (Å²) in [6.07, 6.45) is 8.85. The molecule has 1 fully saturated rings. The number of anilines is 1. The van der Waals surface area contributed by atoms with Crippen molar-refractivity contribution >= 4 is 58.2 Å². The number of aromatic nitrogens is 3. The van der Waals surface area contributed by atoms with E-state index < -0.39 is 0 Å². The molecule has 1 heterocycles. The highest BCUT2D eigenvalue weighted by Gasteiger charge is 2.18. The lowest BCUT2D eigenvalue weighted by Crippen LogP contribution is -2.15. The fourth-order valence-electron chi connectivity index (χ4n) is 3.67. The van der Waals surface area contributed by atoms with Crippen LogP contribution in [0.2, 0.25) is 15.1 Å². The van der Waals surface area contributed by atoms with Crippen LogP contribution in [-0.2, 0) is 17.8 Å². The predicted molar refractivity (Wildman–Crippen MR) is 121 cm³/mol. The van der Waals surface area contributed by atoms with Crippen molar-refractivity contribution in [2.24, 2.45) is 5.92 Å². The second-order valence-corrected chi connectivity index (χ2v) is 9.43. The van der Waals surface area contributed by atoms with E-state index in [0.717, 1.165) is 29.9 Å². The molecule has 1 aromatic heterocycles. The zero-order valence-electron chi connectivity index (χ0n) is 16.4. The third-order valence-electron chi connectivity index (χ3n) is 5.23. The van der Waals surface area contributed by atoms with E-state index in [0.29, 0.717) is 20.8 Å². The Kier molecular flexibility index (Phi) is 8.54. The third-order valence-corrected chi connectivity index (χ3v) is 7.23. The lowest BCUT2D eigenvalue weighted by atomic mass is 9.86. The van der Waals surface area contributed by atoms with Gasteiger partial charge in [0, 0.05) is 13.0 Å². The molecular formula is C20H25Cl3N4OS. The number of thioether (sulfide) groups is 1. The molecule has 9 heteroatoms. The average Bonchev–Trinajstić information content (AvgIpc) is 3.11. The Morgan fingerprint density at radius 1 is 1.14 bits per heavy atom. The number of nitrogens with zero attached hydrogens (tertiary/aromatic N) is 3. The van der Waals surface area contributed by atoms with Gasteiger partial charge in [-0.1, -0.05) is 78.7 Å². The molecule has 0 saturated heterocycles. The molecule has 0 unspecified atom stereocenters. The van der Waals surface area contributed by atoms with Crippen LogP contribution in [0.4, 0.5) is 5.69 Å². The maximum absolute atomic E-state index is 12.3. The summed E-state index contributed by atoms with van der Waals surface area (Å²) >= 11 is 19.4. The quantitative estimate of drug-likeness (QED) is 0.349. The summed E-state index contributed by atoms with van der Waals surface area (Å²) in [5.74, 6) is 1.83. The van der Waals surface area contributed by atoms with Crippen LogP contribution < -0.4 is 5.32 Å². The van der Waals surface area contributed by atoms with Crippen molar-refractivity contribution in [1.29, 1.82) is 0 Å².